The van der Waals surface area contributed by atoms with Crippen molar-refractivity contribution in [3.05, 3.63) is 64.2 Å². The van der Waals surface area contributed by atoms with Crippen molar-refractivity contribution in [2.24, 2.45) is 0 Å². The van der Waals surface area contributed by atoms with Crippen LogP contribution in [0.1, 0.15) is 42.9 Å². The summed E-state index contributed by atoms with van der Waals surface area (Å²) in [6, 6.07) is 12.0. The van der Waals surface area contributed by atoms with Gasteiger partial charge in [-0.3, -0.25) is 13.9 Å². The number of sulfonamides is 1. The lowest BCUT2D eigenvalue weighted by Crippen LogP contribution is -2.48. The zero-order valence-corrected chi connectivity index (χ0v) is 22.0. The van der Waals surface area contributed by atoms with Crippen LogP contribution in [-0.4, -0.2) is 51.0 Å². The maximum Gasteiger partial charge on any atom is 0.242 e. The summed E-state index contributed by atoms with van der Waals surface area (Å²) in [7, 11) is -1.98. The molecule has 34 heavy (non-hydrogen) atoms. The molecule has 1 unspecified atom stereocenters. The quantitative estimate of drug-likeness (QED) is 0.497. The Bertz CT molecular complexity index is 1100. The van der Waals surface area contributed by atoms with Crippen molar-refractivity contribution in [3.63, 3.8) is 0 Å². The average molecular weight is 508 g/mol. The van der Waals surface area contributed by atoms with Gasteiger partial charge in [-0.25, -0.2) is 8.42 Å². The molecule has 0 spiro atoms. The molecule has 186 valence electrons. The standard InChI is InChI=1S/C25H34ClN3O4S/c1-6-23(25(31)27-4)28(17-20-10-12-21(26)13-11-20)24(30)8-7-15-29(34(5,32)33)22-14-9-18(2)19(3)16-22/h9-14,16,23H,6-8,15,17H2,1-5H3,(H,27,31). The Morgan fingerprint density at radius 3 is 2.24 bits per heavy atom. The van der Waals surface area contributed by atoms with Crippen LogP contribution in [0, 0.1) is 13.8 Å². The van der Waals surface area contributed by atoms with Gasteiger partial charge in [0.1, 0.15) is 6.04 Å². The van der Waals surface area contributed by atoms with Gasteiger partial charge in [-0.2, -0.15) is 0 Å². The smallest absolute Gasteiger partial charge is 0.242 e. The van der Waals surface area contributed by atoms with Gasteiger partial charge < -0.3 is 10.2 Å². The number of anilines is 1. The van der Waals surface area contributed by atoms with Crippen LogP contribution in [0.5, 0.6) is 0 Å². The maximum atomic E-state index is 13.3. The fourth-order valence-corrected chi connectivity index (χ4v) is 4.84. The molecule has 0 heterocycles. The number of hydrogen-bond donors (Lipinski definition) is 1. The highest BCUT2D eigenvalue weighted by molar-refractivity contribution is 7.92. The topological polar surface area (TPSA) is 86.8 Å². The molecule has 1 atom stereocenters. The maximum absolute atomic E-state index is 13.3. The lowest BCUT2D eigenvalue weighted by molar-refractivity contribution is -0.141. The number of carbonyl (C=O) groups excluding carboxylic acids is 2. The van der Waals surface area contributed by atoms with Crippen LogP contribution in [0.3, 0.4) is 0 Å². The molecule has 0 radical (unpaired) electrons. The Balaban J connectivity index is 2.19. The van der Waals surface area contributed by atoms with E-state index >= 15 is 0 Å². The number of carbonyl (C=O) groups is 2. The van der Waals surface area contributed by atoms with Crippen molar-refractivity contribution in [1.29, 1.82) is 0 Å². The van der Waals surface area contributed by atoms with Gasteiger partial charge in [-0.15, -0.1) is 0 Å². The number of halogens is 1. The van der Waals surface area contributed by atoms with Crippen LogP contribution >= 0.6 is 11.6 Å². The van der Waals surface area contributed by atoms with E-state index in [0.717, 1.165) is 22.9 Å². The second-order valence-corrected chi connectivity index (χ2v) is 10.7. The summed E-state index contributed by atoms with van der Waals surface area (Å²) in [6.07, 6.45) is 2.05. The molecule has 0 saturated carbocycles. The number of aryl methyl sites for hydroxylation is 2. The summed E-state index contributed by atoms with van der Waals surface area (Å²) in [5.41, 5.74) is 3.50. The zero-order valence-electron chi connectivity index (χ0n) is 20.5. The normalized spacial score (nSPS) is 12.2. The van der Waals surface area contributed by atoms with E-state index in [1.165, 1.54) is 4.31 Å². The number of hydrogen-bond acceptors (Lipinski definition) is 4. The van der Waals surface area contributed by atoms with Crippen LogP contribution in [0.25, 0.3) is 0 Å². The first-order valence-electron chi connectivity index (χ1n) is 11.3. The Morgan fingerprint density at radius 2 is 1.71 bits per heavy atom. The monoisotopic (exact) mass is 507 g/mol. The van der Waals surface area contributed by atoms with Crippen LogP contribution in [-0.2, 0) is 26.2 Å². The van der Waals surface area contributed by atoms with Gasteiger partial charge in [0.05, 0.1) is 11.9 Å². The first kappa shape index (κ1) is 27.7. The lowest BCUT2D eigenvalue weighted by atomic mass is 10.1. The van der Waals surface area contributed by atoms with E-state index < -0.39 is 16.1 Å². The third kappa shape index (κ3) is 7.46. The largest absolute Gasteiger partial charge is 0.357 e. The second-order valence-electron chi connectivity index (χ2n) is 8.39. The van der Waals surface area contributed by atoms with E-state index in [2.05, 4.69) is 5.32 Å². The molecule has 0 aliphatic rings. The highest BCUT2D eigenvalue weighted by Crippen LogP contribution is 2.22. The van der Waals surface area contributed by atoms with Crippen molar-refractivity contribution in [2.45, 2.75) is 52.6 Å². The third-order valence-corrected chi connectivity index (χ3v) is 7.28. The van der Waals surface area contributed by atoms with E-state index in [1.807, 2.05) is 45.0 Å². The number of nitrogens with one attached hydrogen (secondary N) is 1. The van der Waals surface area contributed by atoms with Gasteiger partial charge in [0.25, 0.3) is 0 Å². The minimum absolute atomic E-state index is 0.109. The fraction of sp³-hybridized carbons (Fsp3) is 0.440. The molecular weight excluding hydrogens is 474 g/mol. The van der Waals surface area contributed by atoms with Crippen molar-refractivity contribution < 1.29 is 18.0 Å². The summed E-state index contributed by atoms with van der Waals surface area (Å²) in [6.45, 7) is 6.18. The summed E-state index contributed by atoms with van der Waals surface area (Å²) in [4.78, 5) is 27.3. The molecule has 0 aliphatic carbocycles. The number of nitrogens with zero attached hydrogens (tertiary/aromatic N) is 2. The summed E-state index contributed by atoms with van der Waals surface area (Å²) < 4.78 is 26.2. The average Bonchev–Trinajstić information content (AvgIpc) is 2.78. The van der Waals surface area contributed by atoms with Crippen LogP contribution in [0.4, 0.5) is 5.69 Å². The van der Waals surface area contributed by atoms with E-state index in [4.69, 9.17) is 11.6 Å². The molecule has 7 nitrogen and oxygen atoms in total. The van der Waals surface area contributed by atoms with Crippen molar-refractivity contribution in [3.8, 4) is 0 Å². The molecule has 0 bridgehead atoms. The number of likely N-dealkylation sites (N-methyl/N-ethyl adjacent to an activating group) is 1. The van der Waals surface area contributed by atoms with Gasteiger partial charge in [0, 0.05) is 31.6 Å². The second kappa shape index (κ2) is 12.2. The summed E-state index contributed by atoms with van der Waals surface area (Å²) in [5, 5.41) is 3.22. The van der Waals surface area contributed by atoms with E-state index in [1.54, 1.807) is 30.1 Å². The van der Waals surface area contributed by atoms with Gasteiger partial charge in [-0.05, 0) is 67.6 Å². The number of benzene rings is 2. The van der Waals surface area contributed by atoms with E-state index in [9.17, 15) is 18.0 Å². The van der Waals surface area contributed by atoms with Gasteiger partial charge in [0.15, 0.2) is 0 Å². The molecule has 2 rings (SSSR count). The van der Waals surface area contributed by atoms with E-state index in [-0.39, 0.29) is 31.3 Å². The minimum Gasteiger partial charge on any atom is -0.357 e. The first-order chi connectivity index (χ1) is 16.0. The summed E-state index contributed by atoms with van der Waals surface area (Å²) in [5.74, 6) is -0.448. The molecule has 9 heteroatoms. The molecule has 0 fully saturated rings. The molecule has 0 aromatic heterocycles. The van der Waals surface area contributed by atoms with Crippen LogP contribution in [0.2, 0.25) is 5.02 Å². The molecule has 0 saturated heterocycles. The van der Waals surface area contributed by atoms with Crippen molar-refractivity contribution in [2.75, 3.05) is 24.2 Å². The lowest BCUT2D eigenvalue weighted by Gasteiger charge is -2.31. The predicted octanol–water partition coefficient (Wildman–Crippen LogP) is 4.06. The molecule has 0 aliphatic heterocycles. The highest BCUT2D eigenvalue weighted by atomic mass is 35.5. The Labute approximate surface area is 208 Å². The fourth-order valence-electron chi connectivity index (χ4n) is 3.76. The molecule has 1 N–H and O–H groups in total. The molecular formula is C25H34ClN3O4S. The van der Waals surface area contributed by atoms with Gasteiger partial charge in [-0.1, -0.05) is 36.7 Å². The van der Waals surface area contributed by atoms with E-state index in [0.29, 0.717) is 23.6 Å². The highest BCUT2D eigenvalue weighted by Gasteiger charge is 2.28. The van der Waals surface area contributed by atoms with Gasteiger partial charge in [0.2, 0.25) is 21.8 Å². The predicted molar refractivity (Wildman–Crippen MR) is 137 cm³/mol. The SMILES string of the molecule is CCC(C(=O)NC)N(Cc1ccc(Cl)cc1)C(=O)CCCN(c1ccc(C)c(C)c1)S(C)(=O)=O. The van der Waals surface area contributed by atoms with Crippen molar-refractivity contribution >= 4 is 39.1 Å². The molecule has 2 amide bonds. The Hall–Kier alpha value is -2.58. The molecule has 2 aromatic rings. The van der Waals surface area contributed by atoms with Gasteiger partial charge >= 0.3 is 0 Å². The van der Waals surface area contributed by atoms with Crippen molar-refractivity contribution in [1.82, 2.24) is 10.2 Å². The van der Waals surface area contributed by atoms with Crippen LogP contribution < -0.4 is 9.62 Å². The number of rotatable bonds is 11. The molecule has 2 aromatic carbocycles. The minimum atomic E-state index is -3.52. The number of amides is 2. The Morgan fingerprint density at radius 1 is 1.06 bits per heavy atom. The summed E-state index contributed by atoms with van der Waals surface area (Å²) >= 11 is 5.98. The third-order valence-electron chi connectivity index (χ3n) is 5.83. The first-order valence-corrected chi connectivity index (χ1v) is 13.5. The van der Waals surface area contributed by atoms with Crippen LogP contribution in [0.15, 0.2) is 42.5 Å². The zero-order chi connectivity index (χ0) is 25.5. The Kier molecular flexibility index (Phi) is 9.94.